The number of aromatic nitrogens is 1. The van der Waals surface area contributed by atoms with Crippen molar-refractivity contribution in [1.29, 1.82) is 0 Å². The quantitative estimate of drug-likeness (QED) is 0.789. The van der Waals surface area contributed by atoms with E-state index in [1.807, 2.05) is 37.3 Å². The van der Waals surface area contributed by atoms with Crippen molar-refractivity contribution in [3.8, 4) is 0 Å². The number of halogens is 1. The molecule has 0 saturated heterocycles. The topological polar surface area (TPSA) is 55.4 Å². The van der Waals surface area contributed by atoms with Crippen molar-refractivity contribution in [2.75, 3.05) is 0 Å². The van der Waals surface area contributed by atoms with Crippen molar-refractivity contribution in [2.45, 2.75) is 19.6 Å². The maximum absolute atomic E-state index is 11.7. The Morgan fingerprint density at radius 2 is 2.05 bits per heavy atom. The standard InChI is InChI=1S/C16H14BrNO3/c1-2-18-13-8-7-10(9-14(13)21-16(18)20)15(19)11-5-3-4-6-12(11)17/h3-9,15,19H,2H2,1H3. The van der Waals surface area contributed by atoms with Crippen LogP contribution in [0.15, 0.2) is 56.1 Å². The third-order valence-corrected chi connectivity index (χ3v) is 4.25. The van der Waals surface area contributed by atoms with E-state index in [9.17, 15) is 9.90 Å². The highest BCUT2D eigenvalue weighted by Crippen LogP contribution is 2.29. The number of hydrogen-bond donors (Lipinski definition) is 1. The molecule has 2 aromatic carbocycles. The van der Waals surface area contributed by atoms with E-state index in [0.717, 1.165) is 15.6 Å². The van der Waals surface area contributed by atoms with Gasteiger partial charge >= 0.3 is 5.76 Å². The molecule has 21 heavy (non-hydrogen) atoms. The molecule has 0 radical (unpaired) electrons. The highest BCUT2D eigenvalue weighted by molar-refractivity contribution is 9.10. The molecule has 1 N–H and O–H groups in total. The third-order valence-electron chi connectivity index (χ3n) is 3.52. The van der Waals surface area contributed by atoms with Crippen LogP contribution in [-0.2, 0) is 6.54 Å². The second-order valence-electron chi connectivity index (χ2n) is 4.76. The molecular formula is C16H14BrNO3. The largest absolute Gasteiger partial charge is 0.419 e. The molecule has 1 heterocycles. The van der Waals surface area contributed by atoms with Crippen LogP contribution in [0.1, 0.15) is 24.2 Å². The van der Waals surface area contributed by atoms with Crippen LogP contribution >= 0.6 is 15.9 Å². The number of hydrogen-bond acceptors (Lipinski definition) is 3. The number of aryl methyl sites for hydroxylation is 1. The zero-order chi connectivity index (χ0) is 15.0. The summed E-state index contributed by atoms with van der Waals surface area (Å²) in [5, 5.41) is 10.5. The molecule has 0 fully saturated rings. The van der Waals surface area contributed by atoms with Crippen LogP contribution in [0.25, 0.3) is 11.1 Å². The summed E-state index contributed by atoms with van der Waals surface area (Å²) in [5.41, 5.74) is 2.69. The molecule has 0 aliphatic heterocycles. The van der Waals surface area contributed by atoms with Crippen LogP contribution in [0.2, 0.25) is 0 Å². The van der Waals surface area contributed by atoms with Gasteiger partial charge in [0.1, 0.15) is 6.10 Å². The van der Waals surface area contributed by atoms with Gasteiger partial charge < -0.3 is 9.52 Å². The zero-order valence-corrected chi connectivity index (χ0v) is 13.0. The Morgan fingerprint density at radius 1 is 1.29 bits per heavy atom. The molecule has 0 aliphatic rings. The SMILES string of the molecule is CCn1c(=O)oc2cc(C(O)c3ccccc3Br)ccc21. The highest BCUT2D eigenvalue weighted by atomic mass is 79.9. The smallest absolute Gasteiger partial charge is 0.408 e. The molecule has 4 nitrogen and oxygen atoms in total. The van der Waals surface area contributed by atoms with Gasteiger partial charge in [-0.25, -0.2) is 4.79 Å². The first-order valence-electron chi connectivity index (χ1n) is 6.67. The van der Waals surface area contributed by atoms with E-state index in [1.54, 1.807) is 16.7 Å². The zero-order valence-electron chi connectivity index (χ0n) is 11.4. The predicted molar refractivity (Wildman–Crippen MR) is 84.4 cm³/mol. The van der Waals surface area contributed by atoms with Crippen molar-refractivity contribution in [3.63, 3.8) is 0 Å². The Kier molecular flexibility index (Phi) is 3.69. The van der Waals surface area contributed by atoms with E-state index in [0.29, 0.717) is 17.7 Å². The van der Waals surface area contributed by atoms with Gasteiger partial charge in [-0.05, 0) is 36.2 Å². The summed E-state index contributed by atoms with van der Waals surface area (Å²) in [6, 6.07) is 12.8. The molecular weight excluding hydrogens is 334 g/mol. The van der Waals surface area contributed by atoms with Crippen molar-refractivity contribution in [3.05, 3.63) is 68.6 Å². The highest BCUT2D eigenvalue weighted by Gasteiger charge is 2.16. The monoisotopic (exact) mass is 347 g/mol. The Morgan fingerprint density at radius 3 is 2.76 bits per heavy atom. The number of aliphatic hydroxyl groups excluding tert-OH is 1. The fraction of sp³-hybridized carbons (Fsp3) is 0.188. The average molecular weight is 348 g/mol. The van der Waals surface area contributed by atoms with Gasteiger partial charge in [0.2, 0.25) is 0 Å². The van der Waals surface area contributed by atoms with Crippen LogP contribution in [-0.4, -0.2) is 9.67 Å². The molecule has 5 heteroatoms. The van der Waals surface area contributed by atoms with Crippen molar-refractivity contribution < 1.29 is 9.52 Å². The van der Waals surface area contributed by atoms with Crippen molar-refractivity contribution in [2.24, 2.45) is 0 Å². The normalized spacial score (nSPS) is 12.7. The first kappa shape index (κ1) is 14.1. The van der Waals surface area contributed by atoms with Gasteiger partial charge in [0.15, 0.2) is 5.58 Å². The fourth-order valence-electron chi connectivity index (χ4n) is 2.43. The summed E-state index contributed by atoms with van der Waals surface area (Å²) in [4.78, 5) is 11.7. The molecule has 1 atom stereocenters. The second-order valence-corrected chi connectivity index (χ2v) is 5.62. The number of aliphatic hydroxyl groups is 1. The first-order chi connectivity index (χ1) is 10.1. The fourth-order valence-corrected chi connectivity index (χ4v) is 2.93. The molecule has 3 aromatic rings. The van der Waals surface area contributed by atoms with Crippen LogP contribution < -0.4 is 5.76 Å². The molecule has 1 aromatic heterocycles. The summed E-state index contributed by atoms with van der Waals surface area (Å²) >= 11 is 3.43. The number of benzene rings is 2. The van der Waals surface area contributed by atoms with Gasteiger partial charge in [0.05, 0.1) is 5.52 Å². The van der Waals surface area contributed by atoms with Gasteiger partial charge in [-0.15, -0.1) is 0 Å². The maximum Gasteiger partial charge on any atom is 0.419 e. The van der Waals surface area contributed by atoms with Crippen LogP contribution in [0, 0.1) is 0 Å². The molecule has 108 valence electrons. The lowest BCUT2D eigenvalue weighted by atomic mass is 10.0. The summed E-state index contributed by atoms with van der Waals surface area (Å²) in [7, 11) is 0. The van der Waals surface area contributed by atoms with Gasteiger partial charge in [-0.2, -0.15) is 0 Å². The lowest BCUT2D eigenvalue weighted by Crippen LogP contribution is -2.11. The second kappa shape index (κ2) is 5.50. The summed E-state index contributed by atoms with van der Waals surface area (Å²) in [6.45, 7) is 2.44. The van der Waals surface area contributed by atoms with E-state index in [2.05, 4.69) is 15.9 Å². The van der Waals surface area contributed by atoms with Gasteiger partial charge in [-0.3, -0.25) is 4.57 Å². The van der Waals surface area contributed by atoms with Gasteiger partial charge in [-0.1, -0.05) is 40.2 Å². The molecule has 0 saturated carbocycles. The molecule has 1 unspecified atom stereocenters. The molecule has 0 aliphatic carbocycles. The minimum absolute atomic E-state index is 0.375. The van der Waals surface area contributed by atoms with E-state index in [4.69, 9.17) is 4.42 Å². The Balaban J connectivity index is 2.09. The minimum Gasteiger partial charge on any atom is -0.408 e. The molecule has 0 spiro atoms. The van der Waals surface area contributed by atoms with Crippen LogP contribution in [0.4, 0.5) is 0 Å². The maximum atomic E-state index is 11.7. The average Bonchev–Trinajstić information content (AvgIpc) is 2.81. The minimum atomic E-state index is -0.778. The van der Waals surface area contributed by atoms with Gasteiger partial charge in [0, 0.05) is 11.0 Å². The summed E-state index contributed by atoms with van der Waals surface area (Å²) < 4.78 is 7.63. The van der Waals surface area contributed by atoms with Crippen molar-refractivity contribution in [1.82, 2.24) is 4.57 Å². The Hall–Kier alpha value is -1.85. The molecule has 0 amide bonds. The lowest BCUT2D eigenvalue weighted by Gasteiger charge is -2.13. The van der Waals surface area contributed by atoms with Crippen LogP contribution in [0.3, 0.4) is 0 Å². The van der Waals surface area contributed by atoms with E-state index in [-0.39, 0.29) is 5.76 Å². The predicted octanol–water partition coefficient (Wildman–Crippen LogP) is 3.46. The Bertz CT molecular complexity index is 850. The van der Waals surface area contributed by atoms with Crippen LogP contribution in [0.5, 0.6) is 0 Å². The summed E-state index contributed by atoms with van der Waals surface area (Å²) in [6.07, 6.45) is -0.778. The number of nitrogens with zero attached hydrogens (tertiary/aromatic N) is 1. The number of oxazole rings is 1. The third kappa shape index (κ3) is 2.43. The van der Waals surface area contributed by atoms with E-state index in [1.165, 1.54) is 0 Å². The van der Waals surface area contributed by atoms with Crippen molar-refractivity contribution >= 4 is 27.0 Å². The lowest BCUT2D eigenvalue weighted by molar-refractivity contribution is 0.219. The summed E-state index contributed by atoms with van der Waals surface area (Å²) in [5.74, 6) is -0.375. The molecule has 3 rings (SSSR count). The first-order valence-corrected chi connectivity index (χ1v) is 7.47. The number of fused-ring (bicyclic) bond motifs is 1. The van der Waals surface area contributed by atoms with Gasteiger partial charge in [0.25, 0.3) is 0 Å². The van der Waals surface area contributed by atoms with E-state index >= 15 is 0 Å². The van der Waals surface area contributed by atoms with E-state index < -0.39 is 6.10 Å². The Labute approximate surface area is 129 Å². The molecule has 0 bridgehead atoms. The number of rotatable bonds is 3.